The number of thioether (sulfide) groups is 1. The molecule has 3 rings (SSSR count). The van der Waals surface area contributed by atoms with E-state index in [0.717, 1.165) is 21.9 Å². The van der Waals surface area contributed by atoms with Crippen molar-refractivity contribution in [3.05, 3.63) is 67.8 Å². The Morgan fingerprint density at radius 3 is 2.58 bits per heavy atom. The predicted molar refractivity (Wildman–Crippen MR) is 143 cm³/mol. The van der Waals surface area contributed by atoms with Crippen LogP contribution in [0.2, 0.25) is 0 Å². The zero-order chi connectivity index (χ0) is 26.4. The van der Waals surface area contributed by atoms with Gasteiger partial charge < -0.3 is 9.84 Å². The monoisotopic (exact) mass is 525 g/mol. The fourth-order valence-corrected chi connectivity index (χ4v) is 5.07. The zero-order valence-electron chi connectivity index (χ0n) is 20.3. The summed E-state index contributed by atoms with van der Waals surface area (Å²) in [5.41, 5.74) is 0.0314. The number of nitriles is 1. The molecule has 36 heavy (non-hydrogen) atoms. The summed E-state index contributed by atoms with van der Waals surface area (Å²) in [5.74, 6) is -1.27. The number of benzene rings is 1. The van der Waals surface area contributed by atoms with Crippen molar-refractivity contribution < 1.29 is 19.4 Å². The summed E-state index contributed by atoms with van der Waals surface area (Å²) in [7, 11) is 0. The summed E-state index contributed by atoms with van der Waals surface area (Å²) >= 11 is 6.51. The molecule has 8 nitrogen and oxygen atoms in total. The van der Waals surface area contributed by atoms with Crippen molar-refractivity contribution in [2.75, 3.05) is 13.2 Å². The van der Waals surface area contributed by atoms with Gasteiger partial charge in [-0.1, -0.05) is 54.3 Å². The SMILES string of the molecule is Cc1c(C(=O)CCN2C(=O)/C(=C/c3ccccc3)SC2=S)c(O)n(CCCOC(C)C)c(=O)c1C#N. The highest BCUT2D eigenvalue weighted by atomic mass is 32.2. The number of amides is 1. The van der Waals surface area contributed by atoms with E-state index < -0.39 is 17.2 Å². The van der Waals surface area contributed by atoms with Gasteiger partial charge in [0.05, 0.1) is 16.6 Å². The van der Waals surface area contributed by atoms with E-state index in [1.807, 2.05) is 50.2 Å². The highest BCUT2D eigenvalue weighted by molar-refractivity contribution is 8.26. The van der Waals surface area contributed by atoms with Crippen molar-refractivity contribution in [1.82, 2.24) is 9.47 Å². The average Bonchev–Trinajstić information content (AvgIpc) is 3.09. The minimum absolute atomic E-state index is 0.0117. The number of Topliss-reactive ketones (excluding diaryl/α,β-unsaturated/α-hetero) is 1. The van der Waals surface area contributed by atoms with Gasteiger partial charge in [0.15, 0.2) is 5.78 Å². The smallest absolute Gasteiger partial charge is 0.271 e. The van der Waals surface area contributed by atoms with Gasteiger partial charge in [-0.3, -0.25) is 23.9 Å². The van der Waals surface area contributed by atoms with Crippen LogP contribution >= 0.6 is 24.0 Å². The molecule has 0 spiro atoms. The van der Waals surface area contributed by atoms with E-state index in [-0.39, 0.29) is 48.2 Å². The number of thiocarbonyl (C=S) groups is 1. The summed E-state index contributed by atoms with van der Waals surface area (Å²) in [5, 5.41) is 20.4. The third kappa shape index (κ3) is 6.10. The van der Waals surface area contributed by atoms with Gasteiger partial charge >= 0.3 is 0 Å². The van der Waals surface area contributed by atoms with Crippen LogP contribution in [0.25, 0.3) is 6.08 Å². The van der Waals surface area contributed by atoms with Gasteiger partial charge in [-0.05, 0) is 44.4 Å². The van der Waals surface area contributed by atoms with Crippen LogP contribution in [-0.4, -0.2) is 49.8 Å². The lowest BCUT2D eigenvalue weighted by Gasteiger charge is -2.17. The summed E-state index contributed by atoms with van der Waals surface area (Å²) < 4.78 is 6.85. The van der Waals surface area contributed by atoms with Crippen LogP contribution in [0.5, 0.6) is 5.88 Å². The number of ketones is 1. The molecule has 2 heterocycles. The molecule has 1 aliphatic rings. The molecule has 1 amide bonds. The Labute approximate surface area is 219 Å². The Morgan fingerprint density at radius 1 is 1.25 bits per heavy atom. The summed E-state index contributed by atoms with van der Waals surface area (Å²) in [4.78, 5) is 40.6. The first-order valence-corrected chi connectivity index (χ1v) is 12.7. The summed E-state index contributed by atoms with van der Waals surface area (Å²) in [6.07, 6.45) is 2.03. The van der Waals surface area contributed by atoms with Crippen molar-refractivity contribution in [2.24, 2.45) is 0 Å². The summed E-state index contributed by atoms with van der Waals surface area (Å²) in [6, 6.07) is 11.2. The highest BCUT2D eigenvalue weighted by Crippen LogP contribution is 2.33. The van der Waals surface area contributed by atoms with Crippen molar-refractivity contribution in [3.63, 3.8) is 0 Å². The van der Waals surface area contributed by atoms with Gasteiger partial charge in [0.1, 0.15) is 16.0 Å². The first-order chi connectivity index (χ1) is 17.1. The second kappa shape index (κ2) is 12.1. The van der Waals surface area contributed by atoms with Gasteiger partial charge in [-0.2, -0.15) is 5.26 Å². The molecular weight excluding hydrogens is 498 g/mol. The Bertz CT molecular complexity index is 1310. The van der Waals surface area contributed by atoms with Gasteiger partial charge in [-0.25, -0.2) is 0 Å². The van der Waals surface area contributed by atoms with Crippen LogP contribution in [0.4, 0.5) is 0 Å². The van der Waals surface area contributed by atoms with Crippen LogP contribution in [0.15, 0.2) is 40.0 Å². The number of ether oxygens (including phenoxy) is 1. The number of aromatic nitrogens is 1. The number of carbonyl (C=O) groups excluding carboxylic acids is 2. The maximum Gasteiger partial charge on any atom is 0.271 e. The van der Waals surface area contributed by atoms with E-state index in [4.69, 9.17) is 17.0 Å². The lowest BCUT2D eigenvalue weighted by atomic mass is 9.99. The van der Waals surface area contributed by atoms with Crippen LogP contribution in [0, 0.1) is 18.3 Å². The van der Waals surface area contributed by atoms with Crippen LogP contribution in [-0.2, 0) is 16.1 Å². The second-order valence-electron chi connectivity index (χ2n) is 8.46. The average molecular weight is 526 g/mol. The minimum Gasteiger partial charge on any atom is -0.494 e. The molecule has 2 aromatic rings. The van der Waals surface area contributed by atoms with Crippen LogP contribution < -0.4 is 5.56 Å². The predicted octanol–water partition coefficient (Wildman–Crippen LogP) is 4.02. The Balaban J connectivity index is 1.79. The molecule has 0 bridgehead atoms. The number of pyridine rings is 1. The van der Waals surface area contributed by atoms with E-state index >= 15 is 0 Å². The third-order valence-electron chi connectivity index (χ3n) is 5.59. The van der Waals surface area contributed by atoms with Gasteiger partial charge in [0.2, 0.25) is 5.88 Å². The standard InChI is InChI=1S/C26H27N3O5S2/c1-16(2)34-13-7-11-28-23(31)19(15-27)17(3)22(25(28)33)20(30)10-12-29-24(32)21(36-26(29)35)14-18-8-5-4-6-9-18/h4-6,8-9,14,16,33H,7,10-13H2,1-3H3/b21-14-. The van der Waals surface area contributed by atoms with Gasteiger partial charge in [0, 0.05) is 26.1 Å². The topological polar surface area (TPSA) is 113 Å². The number of hydrogen-bond acceptors (Lipinski definition) is 8. The largest absolute Gasteiger partial charge is 0.494 e. The van der Waals surface area contributed by atoms with Crippen molar-refractivity contribution in [3.8, 4) is 11.9 Å². The highest BCUT2D eigenvalue weighted by Gasteiger charge is 2.33. The molecule has 1 saturated heterocycles. The van der Waals surface area contributed by atoms with Crippen LogP contribution in [0.3, 0.4) is 0 Å². The molecular formula is C26H27N3O5S2. The van der Waals surface area contributed by atoms with Gasteiger partial charge in [-0.15, -0.1) is 0 Å². The molecule has 1 N–H and O–H groups in total. The van der Waals surface area contributed by atoms with Crippen LogP contribution in [0.1, 0.15) is 53.7 Å². The number of hydrogen-bond donors (Lipinski definition) is 1. The molecule has 0 aliphatic carbocycles. The number of carbonyl (C=O) groups is 2. The Kier molecular flexibility index (Phi) is 9.20. The fraction of sp³-hybridized carbons (Fsp3) is 0.346. The fourth-order valence-electron chi connectivity index (χ4n) is 3.77. The molecule has 1 aromatic heterocycles. The minimum atomic E-state index is -0.656. The third-order valence-corrected chi connectivity index (χ3v) is 6.97. The lowest BCUT2D eigenvalue weighted by Crippen LogP contribution is -2.31. The Morgan fingerprint density at radius 2 is 1.94 bits per heavy atom. The molecule has 10 heteroatoms. The number of rotatable bonds is 10. The molecule has 0 radical (unpaired) electrons. The first-order valence-electron chi connectivity index (χ1n) is 11.5. The molecule has 1 fully saturated rings. The molecule has 1 aromatic carbocycles. The van der Waals surface area contributed by atoms with Crippen molar-refractivity contribution in [1.29, 1.82) is 5.26 Å². The van der Waals surface area contributed by atoms with E-state index in [1.54, 1.807) is 6.08 Å². The zero-order valence-corrected chi connectivity index (χ0v) is 21.9. The quantitative estimate of drug-likeness (QED) is 0.214. The molecule has 1 aliphatic heterocycles. The summed E-state index contributed by atoms with van der Waals surface area (Å²) in [6.45, 7) is 5.68. The number of aromatic hydroxyl groups is 1. The maximum absolute atomic E-state index is 13.2. The second-order valence-corrected chi connectivity index (χ2v) is 10.1. The number of nitrogens with zero attached hydrogens (tertiary/aromatic N) is 3. The molecule has 0 saturated carbocycles. The van der Waals surface area contributed by atoms with Crippen molar-refractivity contribution >= 4 is 46.1 Å². The molecule has 188 valence electrons. The molecule has 0 unspecified atom stereocenters. The van der Waals surface area contributed by atoms with E-state index in [0.29, 0.717) is 22.3 Å². The van der Waals surface area contributed by atoms with Gasteiger partial charge in [0.25, 0.3) is 11.5 Å². The van der Waals surface area contributed by atoms with Crippen molar-refractivity contribution in [2.45, 2.75) is 46.3 Å². The lowest BCUT2D eigenvalue weighted by molar-refractivity contribution is -0.122. The van der Waals surface area contributed by atoms with E-state index in [1.165, 1.54) is 11.8 Å². The Hall–Kier alpha value is -3.26. The first kappa shape index (κ1) is 27.3. The van der Waals surface area contributed by atoms with E-state index in [9.17, 15) is 24.8 Å². The maximum atomic E-state index is 13.2. The normalized spacial score (nSPS) is 14.6. The van der Waals surface area contributed by atoms with E-state index in [2.05, 4.69) is 0 Å². The molecule has 0 atom stereocenters.